The smallest absolute Gasteiger partial charge is 0.243 e. The Morgan fingerprint density at radius 2 is 2.19 bits per heavy atom. The number of aromatic amines is 1. The van der Waals surface area contributed by atoms with E-state index in [4.69, 9.17) is 4.74 Å². The topological polar surface area (TPSA) is 96.1 Å². The van der Waals surface area contributed by atoms with E-state index in [0.717, 1.165) is 29.0 Å². The third-order valence-corrected chi connectivity index (χ3v) is 4.27. The number of nitrogens with one attached hydrogen (secondary N) is 3. The Morgan fingerprint density at radius 3 is 2.88 bits per heavy atom. The molecule has 3 rings (SSSR count). The van der Waals surface area contributed by atoms with Crippen molar-refractivity contribution in [3.8, 4) is 5.75 Å². The lowest BCUT2D eigenvalue weighted by Crippen LogP contribution is -2.47. The van der Waals surface area contributed by atoms with Crippen molar-refractivity contribution >= 4 is 11.8 Å². The highest BCUT2D eigenvalue weighted by Gasteiger charge is 2.30. The Hall–Kier alpha value is -2.83. The van der Waals surface area contributed by atoms with E-state index in [1.54, 1.807) is 12.5 Å². The van der Waals surface area contributed by atoms with Crippen LogP contribution in [0.3, 0.4) is 0 Å². The SMILES string of the molecule is CC(=O)N[C@@H](Cc1cnc[nH]1)C(=O)NCc1ccc2c(c1)CC(C)(C)O2. The van der Waals surface area contributed by atoms with E-state index in [-0.39, 0.29) is 17.4 Å². The van der Waals surface area contributed by atoms with E-state index < -0.39 is 6.04 Å². The van der Waals surface area contributed by atoms with Gasteiger partial charge in [0, 0.05) is 38.2 Å². The van der Waals surface area contributed by atoms with Crippen LogP contribution in [0.15, 0.2) is 30.7 Å². The molecule has 2 aromatic rings. The zero-order valence-corrected chi connectivity index (χ0v) is 15.3. The number of H-pyrrole nitrogens is 1. The third kappa shape index (κ3) is 4.41. The number of hydrogen-bond acceptors (Lipinski definition) is 4. The van der Waals surface area contributed by atoms with Crippen molar-refractivity contribution in [1.29, 1.82) is 0 Å². The Labute approximate surface area is 152 Å². The van der Waals surface area contributed by atoms with Gasteiger partial charge in [-0.15, -0.1) is 0 Å². The number of hydrogen-bond donors (Lipinski definition) is 3. The predicted molar refractivity (Wildman–Crippen MR) is 96.6 cm³/mol. The van der Waals surface area contributed by atoms with Crippen LogP contribution in [0.4, 0.5) is 0 Å². The van der Waals surface area contributed by atoms with Gasteiger partial charge in [0.25, 0.3) is 0 Å². The number of ether oxygens (including phenoxy) is 1. The van der Waals surface area contributed by atoms with Crippen LogP contribution in [-0.2, 0) is 29.0 Å². The summed E-state index contributed by atoms with van der Waals surface area (Å²) in [5.41, 5.74) is 2.75. The zero-order valence-electron chi connectivity index (χ0n) is 15.3. The third-order valence-electron chi connectivity index (χ3n) is 4.27. The van der Waals surface area contributed by atoms with Gasteiger partial charge in [0.2, 0.25) is 11.8 Å². The van der Waals surface area contributed by atoms with Crippen LogP contribution in [0.1, 0.15) is 37.6 Å². The van der Waals surface area contributed by atoms with Crippen LogP contribution >= 0.6 is 0 Å². The van der Waals surface area contributed by atoms with Crippen LogP contribution in [0.2, 0.25) is 0 Å². The first kappa shape index (κ1) is 18.0. The number of carbonyl (C=O) groups is 2. The van der Waals surface area contributed by atoms with Crippen molar-refractivity contribution < 1.29 is 14.3 Å². The van der Waals surface area contributed by atoms with Gasteiger partial charge in [-0.25, -0.2) is 4.98 Å². The first-order chi connectivity index (χ1) is 12.3. The summed E-state index contributed by atoms with van der Waals surface area (Å²) >= 11 is 0. The fourth-order valence-corrected chi connectivity index (χ4v) is 3.16. The van der Waals surface area contributed by atoms with Crippen molar-refractivity contribution in [3.05, 3.63) is 47.5 Å². The van der Waals surface area contributed by atoms with E-state index in [1.165, 1.54) is 6.92 Å². The summed E-state index contributed by atoms with van der Waals surface area (Å²) in [6, 6.07) is 5.31. The van der Waals surface area contributed by atoms with E-state index in [1.807, 2.05) is 12.1 Å². The maximum atomic E-state index is 12.5. The summed E-state index contributed by atoms with van der Waals surface area (Å²) in [7, 11) is 0. The van der Waals surface area contributed by atoms with Gasteiger partial charge >= 0.3 is 0 Å². The van der Waals surface area contributed by atoms with Gasteiger partial charge < -0.3 is 20.4 Å². The molecule has 3 N–H and O–H groups in total. The van der Waals surface area contributed by atoms with Crippen molar-refractivity contribution in [1.82, 2.24) is 20.6 Å². The minimum atomic E-state index is -0.648. The van der Waals surface area contributed by atoms with Crippen molar-refractivity contribution in [2.24, 2.45) is 0 Å². The summed E-state index contributed by atoms with van der Waals surface area (Å²) < 4.78 is 5.87. The molecule has 2 heterocycles. The van der Waals surface area contributed by atoms with Gasteiger partial charge in [-0.1, -0.05) is 12.1 Å². The molecule has 0 radical (unpaired) electrons. The molecule has 0 fully saturated rings. The lowest BCUT2D eigenvalue weighted by atomic mass is 10.0. The molecule has 26 heavy (non-hydrogen) atoms. The highest BCUT2D eigenvalue weighted by molar-refractivity contribution is 5.87. The second-order valence-electron chi connectivity index (χ2n) is 7.23. The molecule has 7 nitrogen and oxygen atoms in total. The summed E-state index contributed by atoms with van der Waals surface area (Å²) in [4.78, 5) is 30.8. The van der Waals surface area contributed by atoms with E-state index in [9.17, 15) is 9.59 Å². The molecule has 0 unspecified atom stereocenters. The number of aromatic nitrogens is 2. The van der Waals surface area contributed by atoms with Crippen LogP contribution in [0, 0.1) is 0 Å². The maximum absolute atomic E-state index is 12.5. The average Bonchev–Trinajstić information content (AvgIpc) is 3.16. The summed E-state index contributed by atoms with van der Waals surface area (Å²) in [6.45, 7) is 5.91. The summed E-state index contributed by atoms with van der Waals surface area (Å²) in [5.74, 6) is 0.425. The van der Waals surface area contributed by atoms with Crippen molar-refractivity contribution in [3.63, 3.8) is 0 Å². The lowest BCUT2D eigenvalue weighted by molar-refractivity contribution is -0.128. The molecule has 1 aliphatic rings. The van der Waals surface area contributed by atoms with Gasteiger partial charge in [-0.3, -0.25) is 9.59 Å². The predicted octanol–water partition coefficient (Wildman–Crippen LogP) is 1.49. The van der Waals surface area contributed by atoms with E-state index in [0.29, 0.717) is 13.0 Å². The summed E-state index contributed by atoms with van der Waals surface area (Å²) in [6.07, 6.45) is 4.40. The molecule has 0 aliphatic carbocycles. The van der Waals surface area contributed by atoms with Crippen molar-refractivity contribution in [2.45, 2.75) is 51.8 Å². The van der Waals surface area contributed by atoms with E-state index >= 15 is 0 Å². The molecule has 0 saturated heterocycles. The minimum absolute atomic E-state index is 0.190. The van der Waals surface area contributed by atoms with Gasteiger partial charge in [0.15, 0.2) is 0 Å². The Kier molecular flexibility index (Phi) is 4.97. The van der Waals surface area contributed by atoms with Gasteiger partial charge in [0.05, 0.1) is 6.33 Å². The fraction of sp³-hybridized carbons (Fsp3) is 0.421. The van der Waals surface area contributed by atoms with Crippen LogP contribution in [-0.4, -0.2) is 33.4 Å². The molecule has 2 amide bonds. The molecule has 138 valence electrons. The second-order valence-corrected chi connectivity index (χ2v) is 7.23. The number of imidazole rings is 1. The molecule has 0 saturated carbocycles. The van der Waals surface area contributed by atoms with Gasteiger partial charge in [0.1, 0.15) is 17.4 Å². The second kappa shape index (κ2) is 7.19. The Balaban J connectivity index is 1.62. The molecular weight excluding hydrogens is 332 g/mol. The fourth-order valence-electron chi connectivity index (χ4n) is 3.16. The Bertz CT molecular complexity index is 799. The highest BCUT2D eigenvalue weighted by Crippen LogP contribution is 2.35. The first-order valence-corrected chi connectivity index (χ1v) is 8.65. The molecular formula is C19H24N4O3. The normalized spacial score (nSPS) is 15.7. The monoisotopic (exact) mass is 356 g/mol. The maximum Gasteiger partial charge on any atom is 0.243 e. The first-order valence-electron chi connectivity index (χ1n) is 8.65. The molecule has 1 aromatic carbocycles. The summed E-state index contributed by atoms with van der Waals surface area (Å²) in [5, 5.41) is 5.59. The minimum Gasteiger partial charge on any atom is -0.487 e. The number of benzene rings is 1. The van der Waals surface area contributed by atoms with Gasteiger partial charge in [-0.2, -0.15) is 0 Å². The largest absolute Gasteiger partial charge is 0.487 e. The molecule has 7 heteroatoms. The number of carbonyl (C=O) groups excluding carboxylic acids is 2. The quantitative estimate of drug-likeness (QED) is 0.731. The molecule has 0 spiro atoms. The standard InChI is InChI=1S/C19H24N4O3/c1-12(24)23-16(7-15-10-20-11-22-15)18(25)21-9-13-4-5-17-14(6-13)8-19(2,3)26-17/h4-6,10-11,16H,7-9H2,1-3H3,(H,20,22)(H,21,25)(H,23,24)/t16-/m0/s1. The lowest BCUT2D eigenvalue weighted by Gasteiger charge is -2.17. The van der Waals surface area contributed by atoms with Crippen LogP contribution in [0.5, 0.6) is 5.75 Å². The number of rotatable bonds is 6. The molecule has 0 bridgehead atoms. The average molecular weight is 356 g/mol. The van der Waals surface area contributed by atoms with Crippen LogP contribution in [0.25, 0.3) is 0 Å². The number of fused-ring (bicyclic) bond motifs is 1. The number of amides is 2. The molecule has 1 aliphatic heterocycles. The van der Waals surface area contributed by atoms with Crippen LogP contribution < -0.4 is 15.4 Å². The zero-order chi connectivity index (χ0) is 18.7. The van der Waals surface area contributed by atoms with Gasteiger partial charge in [-0.05, 0) is 31.0 Å². The molecule has 1 aromatic heterocycles. The molecule has 1 atom stereocenters. The van der Waals surface area contributed by atoms with E-state index in [2.05, 4.69) is 40.5 Å². The number of nitrogens with zero attached hydrogens (tertiary/aromatic N) is 1. The van der Waals surface area contributed by atoms with Crippen molar-refractivity contribution in [2.75, 3.05) is 0 Å². The Morgan fingerprint density at radius 1 is 1.38 bits per heavy atom. The highest BCUT2D eigenvalue weighted by atomic mass is 16.5.